The van der Waals surface area contributed by atoms with Crippen LogP contribution < -0.4 is 10.0 Å². The number of nitrogens with zero attached hydrogens (tertiary/aromatic N) is 3. The van der Waals surface area contributed by atoms with Crippen LogP contribution in [-0.4, -0.2) is 33.1 Å². The van der Waals surface area contributed by atoms with Gasteiger partial charge in [-0.3, -0.25) is 14.7 Å². The van der Waals surface area contributed by atoms with Crippen LogP contribution in [0.5, 0.6) is 0 Å². The summed E-state index contributed by atoms with van der Waals surface area (Å²) in [5.74, 6) is -4.52. The van der Waals surface area contributed by atoms with Crippen LogP contribution in [0.4, 0.5) is 27.6 Å². The number of pyridine rings is 1. The van der Waals surface area contributed by atoms with Crippen LogP contribution in [-0.2, 0) is 12.7 Å². The quantitative estimate of drug-likeness (QED) is 0.267. The van der Waals surface area contributed by atoms with Crippen LogP contribution in [0.15, 0.2) is 23.4 Å². The highest BCUT2D eigenvalue weighted by molar-refractivity contribution is 7.98. The molecule has 2 atom stereocenters. The largest absolute Gasteiger partial charge is 0.420 e. The normalized spacial score (nSPS) is 25.7. The van der Waals surface area contributed by atoms with Gasteiger partial charge in [0.15, 0.2) is 0 Å². The Balaban J connectivity index is 1.54. The van der Waals surface area contributed by atoms with Crippen molar-refractivity contribution >= 4 is 23.4 Å². The van der Waals surface area contributed by atoms with Gasteiger partial charge in [0, 0.05) is 42.2 Å². The smallest absolute Gasteiger partial charge is 0.320 e. The molecule has 1 amide bonds. The Labute approximate surface area is 190 Å². The average Bonchev–Trinajstić information content (AvgIpc) is 3.59. The fourth-order valence-corrected chi connectivity index (χ4v) is 5.57. The number of alkyl halides is 5. The van der Waals surface area contributed by atoms with Gasteiger partial charge in [-0.25, -0.2) is 8.78 Å². The van der Waals surface area contributed by atoms with Crippen molar-refractivity contribution in [2.24, 2.45) is 11.3 Å². The molecule has 0 spiro atoms. The maximum Gasteiger partial charge on any atom is 0.420 e. The summed E-state index contributed by atoms with van der Waals surface area (Å²) in [5, 5.41) is 16.8. The Morgan fingerprint density at radius 2 is 2.09 bits per heavy atom. The van der Waals surface area contributed by atoms with Crippen molar-refractivity contribution in [3.05, 3.63) is 35.3 Å². The molecular weight excluding hydrogens is 467 g/mol. The van der Waals surface area contributed by atoms with Crippen molar-refractivity contribution in [3.63, 3.8) is 0 Å². The summed E-state index contributed by atoms with van der Waals surface area (Å²) in [6, 6.07) is 2.77. The fourth-order valence-electron chi connectivity index (χ4n) is 5.07. The number of rotatable bonds is 6. The highest BCUT2D eigenvalue weighted by Crippen LogP contribution is 2.68. The summed E-state index contributed by atoms with van der Waals surface area (Å²) in [7, 11) is 0. The van der Waals surface area contributed by atoms with Crippen molar-refractivity contribution < 1.29 is 36.7 Å². The van der Waals surface area contributed by atoms with E-state index in [0.717, 1.165) is 9.41 Å². The Bertz CT molecular complexity index is 1130. The van der Waals surface area contributed by atoms with Crippen LogP contribution >= 0.6 is 11.8 Å². The van der Waals surface area contributed by atoms with E-state index in [2.05, 4.69) is 10.4 Å². The number of nitrogens with one attached hydrogen (secondary N) is 1. The van der Waals surface area contributed by atoms with Crippen LogP contribution in [0, 0.1) is 11.3 Å². The molecule has 2 heterocycles. The van der Waals surface area contributed by atoms with Gasteiger partial charge in [-0.1, -0.05) is 11.8 Å². The van der Waals surface area contributed by atoms with Gasteiger partial charge in [0.2, 0.25) is 12.1 Å². The summed E-state index contributed by atoms with van der Waals surface area (Å²) < 4.78 is 72.1. The van der Waals surface area contributed by atoms with E-state index in [9.17, 15) is 32.0 Å². The fraction of sp³-hybridized carbons (Fsp3) is 0.571. The molecule has 2 N–H and O–H groups in total. The van der Waals surface area contributed by atoms with Crippen molar-refractivity contribution in [3.8, 4) is 0 Å². The summed E-state index contributed by atoms with van der Waals surface area (Å²) in [4.78, 5) is 13.2. The van der Waals surface area contributed by atoms with E-state index < -0.39 is 41.1 Å². The van der Waals surface area contributed by atoms with E-state index in [1.165, 1.54) is 30.1 Å². The number of fused-ring (bicyclic) bond motifs is 1. The third-order valence-electron chi connectivity index (χ3n) is 6.79. The molecule has 3 saturated carbocycles. The van der Waals surface area contributed by atoms with Crippen molar-refractivity contribution in [2.45, 2.75) is 61.7 Å². The number of amides is 1. The molecule has 5 rings (SSSR count). The molecule has 178 valence electrons. The molecule has 2 aromatic heterocycles. The number of anilines is 1. The predicted octanol–water partition coefficient (Wildman–Crippen LogP) is 4.71. The molecule has 0 saturated heterocycles. The van der Waals surface area contributed by atoms with Gasteiger partial charge in [-0.15, -0.1) is 0 Å². The van der Waals surface area contributed by atoms with Crippen LogP contribution in [0.3, 0.4) is 0 Å². The summed E-state index contributed by atoms with van der Waals surface area (Å²) >= 11 is 1.18. The third-order valence-corrected chi connectivity index (χ3v) is 7.51. The molecule has 3 aliphatic carbocycles. The number of carbonyl (C=O) groups excluding carboxylic acids is 1. The van der Waals surface area contributed by atoms with E-state index in [0.29, 0.717) is 24.3 Å². The maximum absolute atomic E-state index is 14.1. The molecule has 2 unspecified atom stereocenters. The zero-order valence-corrected chi connectivity index (χ0v) is 18.4. The van der Waals surface area contributed by atoms with Crippen molar-refractivity contribution in [1.29, 1.82) is 0 Å². The highest BCUT2D eigenvalue weighted by atomic mass is 32.2. The van der Waals surface area contributed by atoms with Crippen LogP contribution in [0.25, 0.3) is 0 Å². The lowest BCUT2D eigenvalue weighted by molar-refractivity contribution is -0.932. The number of thioether (sulfide) groups is 1. The topological polar surface area (TPSA) is 71.0 Å². The second-order valence-electron chi connectivity index (χ2n) is 9.30. The Hall–Kier alpha value is -2.37. The SMILES string of the molecule is CSc1cc(NC(=O)c2c(C(F)(F)F)c(C3CC3)nn2CC23CC2CC(F)(F)C3)cc[n+]1O. The minimum atomic E-state index is -4.82. The first-order valence-electron chi connectivity index (χ1n) is 10.6. The van der Waals surface area contributed by atoms with Gasteiger partial charge < -0.3 is 5.32 Å². The second kappa shape index (κ2) is 7.31. The summed E-state index contributed by atoms with van der Waals surface area (Å²) in [6.45, 7) is -0.146. The molecule has 3 fully saturated rings. The van der Waals surface area contributed by atoms with Crippen molar-refractivity contribution in [2.75, 3.05) is 11.6 Å². The highest BCUT2D eigenvalue weighted by Gasteiger charge is 2.67. The zero-order valence-electron chi connectivity index (χ0n) is 17.6. The van der Waals surface area contributed by atoms with Gasteiger partial charge in [0.1, 0.15) is 11.3 Å². The first kappa shape index (κ1) is 22.4. The molecule has 0 radical (unpaired) electrons. The standard InChI is InChI=1S/C21H21F5N4O2S/c1-33-14-6-13(4-5-30(14)32)27-18(31)17-15(21(24,25)26)16(11-2-3-11)28-29(17)10-19-7-12(19)8-20(22,23)9-19/h4-6,11-12,32H,2-3,7-10H2,1H3/p+1. The molecule has 12 heteroatoms. The Morgan fingerprint density at radius 3 is 2.67 bits per heavy atom. The molecule has 0 aliphatic heterocycles. The Kier molecular flexibility index (Phi) is 4.97. The average molecular weight is 489 g/mol. The minimum absolute atomic E-state index is 0.146. The first-order chi connectivity index (χ1) is 15.4. The third kappa shape index (κ3) is 4.06. The van der Waals surface area contributed by atoms with Crippen LogP contribution in [0.2, 0.25) is 0 Å². The molecule has 33 heavy (non-hydrogen) atoms. The Morgan fingerprint density at radius 1 is 1.36 bits per heavy atom. The lowest BCUT2D eigenvalue weighted by Crippen LogP contribution is -2.32. The molecule has 6 nitrogen and oxygen atoms in total. The lowest BCUT2D eigenvalue weighted by atomic mass is 10.0. The van der Waals surface area contributed by atoms with Gasteiger partial charge in [0.05, 0.1) is 11.4 Å². The first-order valence-corrected chi connectivity index (χ1v) is 11.8. The van der Waals surface area contributed by atoms with Crippen molar-refractivity contribution in [1.82, 2.24) is 9.78 Å². The number of aromatic nitrogens is 3. The number of hydrogen-bond donors (Lipinski definition) is 2. The van der Waals surface area contributed by atoms with E-state index in [1.54, 1.807) is 6.26 Å². The van der Waals surface area contributed by atoms with Gasteiger partial charge in [0.25, 0.3) is 10.9 Å². The van der Waals surface area contributed by atoms with Gasteiger partial charge >= 0.3 is 6.18 Å². The number of hydrogen-bond acceptors (Lipinski definition) is 4. The minimum Gasteiger partial charge on any atom is -0.320 e. The molecule has 3 aliphatic rings. The maximum atomic E-state index is 14.1. The molecule has 0 bridgehead atoms. The number of halogens is 5. The van der Waals surface area contributed by atoms with Gasteiger partial charge in [-0.05, 0) is 36.9 Å². The number of carbonyl (C=O) groups is 1. The van der Waals surface area contributed by atoms with E-state index in [1.807, 2.05) is 0 Å². The van der Waals surface area contributed by atoms with Gasteiger partial charge in [-0.2, -0.15) is 18.3 Å². The monoisotopic (exact) mass is 489 g/mol. The predicted molar refractivity (Wildman–Crippen MR) is 107 cm³/mol. The molecule has 2 aromatic rings. The summed E-state index contributed by atoms with van der Waals surface area (Å²) in [6.07, 6.45) is -0.979. The van der Waals surface area contributed by atoms with Crippen LogP contribution in [0.1, 0.15) is 59.8 Å². The van der Waals surface area contributed by atoms with E-state index in [4.69, 9.17) is 0 Å². The molecular formula is C21H22F5N4O2S+. The summed E-state index contributed by atoms with van der Waals surface area (Å²) in [5.41, 5.74) is -2.55. The second-order valence-corrected chi connectivity index (χ2v) is 10.1. The van der Waals surface area contributed by atoms with E-state index >= 15 is 0 Å². The van der Waals surface area contributed by atoms with E-state index in [-0.39, 0.29) is 36.2 Å². The lowest BCUT2D eigenvalue weighted by Gasteiger charge is -2.18. The molecule has 0 aromatic carbocycles. The zero-order chi connectivity index (χ0) is 23.8.